The van der Waals surface area contributed by atoms with Crippen LogP contribution in [0.25, 0.3) is 94.5 Å². The fourth-order valence-corrected chi connectivity index (χ4v) is 9.39. The molecule has 12 rings (SSSR count). The largest absolute Gasteiger partial charge is 0.456 e. The molecular formula is C57H38N4O. The smallest absolute Gasteiger partial charge is 0.164 e. The number of allylic oxidation sites excluding steroid dienone is 4. The number of aromatic nitrogens is 4. The molecule has 1 aliphatic rings. The average molecular weight is 795 g/mol. The number of hydrogen-bond acceptors (Lipinski definition) is 4. The standard InChI is InChI=1S/C57H38N4O/c1-5-17-37(18-6-1)38-29-31-42(32-30-38)56-58-55(41-23-11-4-12-24-41)59-57(60-56)43-35-46(39-19-7-2-8-20-39)54(47(36-43)40-21-9-3-10-22-40)61-48-27-15-13-25-44(48)52-49(61)33-34-51-53(52)45-26-14-16-28-50(45)62-51/h1-35,47H,36H2/t47-/m1/s1. The van der Waals surface area contributed by atoms with Crippen LogP contribution in [0.3, 0.4) is 0 Å². The highest BCUT2D eigenvalue weighted by atomic mass is 16.3. The van der Waals surface area contributed by atoms with Gasteiger partial charge < -0.3 is 8.98 Å². The second-order valence-electron chi connectivity index (χ2n) is 15.9. The summed E-state index contributed by atoms with van der Waals surface area (Å²) in [4.78, 5) is 15.7. The van der Waals surface area contributed by atoms with Gasteiger partial charge in [0.25, 0.3) is 0 Å². The van der Waals surface area contributed by atoms with Gasteiger partial charge in [-0.1, -0.05) is 182 Å². The SMILES string of the molecule is C1=C(c2nc(-c3ccccc3)nc(-c3ccc(-c4ccccc4)cc3)n2)C[C@H](c2ccccc2)C(n2c3ccccc3c3c4c(ccc32)oc2ccccc24)=C1c1ccccc1. The molecule has 3 aromatic heterocycles. The Morgan fingerprint density at radius 2 is 0.935 bits per heavy atom. The van der Waals surface area contributed by atoms with Gasteiger partial charge in [-0.15, -0.1) is 0 Å². The quantitative estimate of drug-likeness (QED) is 0.161. The first-order valence-electron chi connectivity index (χ1n) is 21.1. The minimum Gasteiger partial charge on any atom is -0.456 e. The van der Waals surface area contributed by atoms with E-state index in [9.17, 15) is 0 Å². The lowest BCUT2D eigenvalue weighted by Gasteiger charge is -2.31. The second kappa shape index (κ2) is 14.8. The predicted molar refractivity (Wildman–Crippen MR) is 254 cm³/mol. The third kappa shape index (κ3) is 6.05. The monoisotopic (exact) mass is 794 g/mol. The van der Waals surface area contributed by atoms with Gasteiger partial charge in [0.15, 0.2) is 17.5 Å². The van der Waals surface area contributed by atoms with Gasteiger partial charge in [-0.3, -0.25) is 0 Å². The number of para-hydroxylation sites is 2. The molecule has 0 radical (unpaired) electrons. The molecule has 0 unspecified atom stereocenters. The van der Waals surface area contributed by atoms with E-state index < -0.39 is 0 Å². The van der Waals surface area contributed by atoms with Gasteiger partial charge in [-0.25, -0.2) is 15.0 Å². The summed E-state index contributed by atoms with van der Waals surface area (Å²) in [6.45, 7) is 0. The van der Waals surface area contributed by atoms with Crippen LogP contribution in [0.1, 0.15) is 29.3 Å². The zero-order chi connectivity index (χ0) is 41.0. The van der Waals surface area contributed by atoms with Gasteiger partial charge in [0.2, 0.25) is 0 Å². The van der Waals surface area contributed by atoms with Crippen LogP contribution in [0.15, 0.2) is 217 Å². The Balaban J connectivity index is 1.13. The third-order valence-corrected chi connectivity index (χ3v) is 12.3. The minimum atomic E-state index is -0.0623. The molecule has 0 spiro atoms. The molecule has 8 aromatic carbocycles. The molecule has 0 aliphatic heterocycles. The van der Waals surface area contributed by atoms with Crippen molar-refractivity contribution in [3.05, 3.63) is 229 Å². The van der Waals surface area contributed by atoms with E-state index in [1.54, 1.807) is 0 Å². The van der Waals surface area contributed by atoms with Crippen molar-refractivity contribution in [2.24, 2.45) is 0 Å². The Labute approximate surface area is 358 Å². The zero-order valence-corrected chi connectivity index (χ0v) is 33.7. The molecule has 0 bridgehead atoms. The van der Waals surface area contributed by atoms with E-state index in [4.69, 9.17) is 19.4 Å². The first-order chi connectivity index (χ1) is 30.7. The molecule has 1 atom stereocenters. The van der Waals surface area contributed by atoms with Crippen molar-refractivity contribution in [2.75, 3.05) is 0 Å². The molecule has 5 heteroatoms. The predicted octanol–water partition coefficient (Wildman–Crippen LogP) is 14.5. The van der Waals surface area contributed by atoms with E-state index in [0.29, 0.717) is 23.9 Å². The highest BCUT2D eigenvalue weighted by Crippen LogP contribution is 2.50. The van der Waals surface area contributed by atoms with Crippen LogP contribution in [0.4, 0.5) is 0 Å². The highest BCUT2D eigenvalue weighted by molar-refractivity contribution is 6.28. The Bertz CT molecular complexity index is 3510. The molecule has 11 aromatic rings. The van der Waals surface area contributed by atoms with Crippen LogP contribution in [0.2, 0.25) is 0 Å². The van der Waals surface area contributed by atoms with Gasteiger partial charge in [0, 0.05) is 49.9 Å². The van der Waals surface area contributed by atoms with E-state index >= 15 is 0 Å². The van der Waals surface area contributed by atoms with Crippen LogP contribution in [0.5, 0.6) is 0 Å². The molecule has 0 saturated heterocycles. The number of hydrogen-bond donors (Lipinski definition) is 0. The summed E-state index contributed by atoms with van der Waals surface area (Å²) in [5, 5.41) is 4.64. The minimum absolute atomic E-state index is 0.0623. The zero-order valence-electron chi connectivity index (χ0n) is 33.7. The number of furan rings is 1. The third-order valence-electron chi connectivity index (χ3n) is 12.3. The first-order valence-corrected chi connectivity index (χ1v) is 21.1. The molecule has 0 saturated carbocycles. The molecule has 3 heterocycles. The van der Waals surface area contributed by atoms with Crippen molar-refractivity contribution < 1.29 is 4.42 Å². The summed E-state index contributed by atoms with van der Waals surface area (Å²) in [6, 6.07) is 72.4. The summed E-state index contributed by atoms with van der Waals surface area (Å²) in [6.07, 6.45) is 3.01. The molecule has 5 nitrogen and oxygen atoms in total. The maximum Gasteiger partial charge on any atom is 0.164 e. The maximum atomic E-state index is 6.47. The van der Waals surface area contributed by atoms with Crippen molar-refractivity contribution >= 4 is 60.6 Å². The Morgan fingerprint density at radius 3 is 1.65 bits per heavy atom. The van der Waals surface area contributed by atoms with Crippen LogP contribution >= 0.6 is 0 Å². The first kappa shape index (κ1) is 35.8. The van der Waals surface area contributed by atoms with E-state index in [1.165, 1.54) is 27.6 Å². The second-order valence-corrected chi connectivity index (χ2v) is 15.9. The molecule has 0 N–H and O–H groups in total. The summed E-state index contributed by atoms with van der Waals surface area (Å²) >= 11 is 0. The fraction of sp³-hybridized carbons (Fsp3) is 0.0351. The molecule has 292 valence electrons. The normalized spacial score (nSPS) is 14.3. The maximum absolute atomic E-state index is 6.47. The number of benzene rings is 8. The van der Waals surface area contributed by atoms with Gasteiger partial charge in [-0.05, 0) is 64.6 Å². The van der Waals surface area contributed by atoms with E-state index in [-0.39, 0.29) is 5.92 Å². The van der Waals surface area contributed by atoms with Crippen LogP contribution in [-0.4, -0.2) is 19.5 Å². The Hall–Kier alpha value is -8.15. The molecule has 0 fully saturated rings. The van der Waals surface area contributed by atoms with Crippen LogP contribution in [0, 0.1) is 0 Å². The number of rotatable bonds is 7. The summed E-state index contributed by atoms with van der Waals surface area (Å²) < 4.78 is 8.98. The van der Waals surface area contributed by atoms with Crippen molar-refractivity contribution in [2.45, 2.75) is 12.3 Å². The van der Waals surface area contributed by atoms with Gasteiger partial charge in [-0.2, -0.15) is 0 Å². The highest BCUT2D eigenvalue weighted by Gasteiger charge is 2.32. The number of fused-ring (bicyclic) bond motifs is 7. The van der Waals surface area contributed by atoms with Gasteiger partial charge >= 0.3 is 0 Å². The van der Waals surface area contributed by atoms with Crippen LogP contribution in [-0.2, 0) is 0 Å². The molecule has 62 heavy (non-hydrogen) atoms. The lowest BCUT2D eigenvalue weighted by Crippen LogP contribution is -2.16. The summed E-state index contributed by atoms with van der Waals surface area (Å²) in [5.41, 5.74) is 14.0. The van der Waals surface area contributed by atoms with Crippen LogP contribution < -0.4 is 0 Å². The lowest BCUT2D eigenvalue weighted by atomic mass is 9.80. The van der Waals surface area contributed by atoms with Crippen molar-refractivity contribution in [1.82, 2.24) is 19.5 Å². The van der Waals surface area contributed by atoms with Crippen molar-refractivity contribution in [1.29, 1.82) is 0 Å². The molecular weight excluding hydrogens is 757 g/mol. The lowest BCUT2D eigenvalue weighted by molar-refractivity contribution is 0.669. The van der Waals surface area contributed by atoms with Gasteiger partial charge in [0.05, 0.1) is 11.0 Å². The summed E-state index contributed by atoms with van der Waals surface area (Å²) in [5.74, 6) is 1.89. The molecule has 0 amide bonds. The van der Waals surface area contributed by atoms with Crippen molar-refractivity contribution in [3.8, 4) is 33.9 Å². The van der Waals surface area contributed by atoms with E-state index in [1.807, 2.05) is 30.3 Å². The van der Waals surface area contributed by atoms with E-state index in [2.05, 4.69) is 187 Å². The van der Waals surface area contributed by atoms with Crippen molar-refractivity contribution in [3.63, 3.8) is 0 Å². The van der Waals surface area contributed by atoms with Gasteiger partial charge in [0.1, 0.15) is 11.2 Å². The van der Waals surface area contributed by atoms with E-state index in [0.717, 1.165) is 66.4 Å². The number of nitrogens with zero attached hydrogens (tertiary/aromatic N) is 4. The Morgan fingerprint density at radius 1 is 0.403 bits per heavy atom. The summed E-state index contributed by atoms with van der Waals surface area (Å²) in [7, 11) is 0. The topological polar surface area (TPSA) is 56.7 Å². The Kier molecular flexibility index (Phi) is 8.56. The average Bonchev–Trinajstić information content (AvgIpc) is 3.90. The molecule has 1 aliphatic carbocycles. The fourth-order valence-electron chi connectivity index (χ4n) is 9.39.